The molecule has 0 spiro atoms. The van der Waals surface area contributed by atoms with Crippen LogP contribution in [0.1, 0.15) is 6.42 Å². The summed E-state index contributed by atoms with van der Waals surface area (Å²) in [6, 6.07) is 5.01. The van der Waals surface area contributed by atoms with Crippen molar-refractivity contribution >= 4 is 21.4 Å². The lowest BCUT2D eigenvalue weighted by Crippen LogP contribution is -2.26. The third-order valence-corrected chi connectivity index (χ3v) is 5.01. The summed E-state index contributed by atoms with van der Waals surface area (Å²) in [4.78, 5) is 2.31. The number of hydrogen-bond acceptors (Lipinski definition) is 5. The third-order valence-electron chi connectivity index (χ3n) is 3.57. The van der Waals surface area contributed by atoms with Gasteiger partial charge in [0.2, 0.25) is 10.0 Å². The summed E-state index contributed by atoms with van der Waals surface area (Å²) in [5.74, 6) is 0.433. The number of nitrogens with one attached hydrogen (secondary N) is 1. The van der Waals surface area contributed by atoms with Crippen LogP contribution in [0.2, 0.25) is 0 Å². The first kappa shape index (κ1) is 15.1. The zero-order valence-corrected chi connectivity index (χ0v) is 12.6. The Labute approximate surface area is 120 Å². The van der Waals surface area contributed by atoms with Crippen molar-refractivity contribution in [1.29, 1.82) is 0 Å². The van der Waals surface area contributed by atoms with Gasteiger partial charge in [-0.3, -0.25) is 0 Å². The van der Waals surface area contributed by atoms with E-state index in [1.165, 1.54) is 13.1 Å². The first-order valence-corrected chi connectivity index (χ1v) is 8.03. The van der Waals surface area contributed by atoms with Crippen molar-refractivity contribution in [2.24, 2.45) is 5.92 Å². The van der Waals surface area contributed by atoms with Gasteiger partial charge >= 0.3 is 0 Å². The fourth-order valence-electron chi connectivity index (χ4n) is 2.54. The molecule has 1 fully saturated rings. The average molecular weight is 299 g/mol. The van der Waals surface area contributed by atoms with E-state index in [1.807, 2.05) is 0 Å². The largest absolute Gasteiger partial charge is 0.399 e. The highest BCUT2D eigenvalue weighted by Gasteiger charge is 2.27. The van der Waals surface area contributed by atoms with Gasteiger partial charge in [0.15, 0.2) is 0 Å². The SMILES string of the molecule is CNS(=O)(=O)c1cc(N)ccc1N1CCC(COC)C1. The number of methoxy groups -OCH3 is 1. The minimum atomic E-state index is -3.52. The predicted octanol–water partition coefficient (Wildman–Crippen LogP) is 0.650. The van der Waals surface area contributed by atoms with Crippen LogP contribution in [-0.2, 0) is 14.8 Å². The fraction of sp³-hybridized carbons (Fsp3) is 0.538. The Hall–Kier alpha value is -1.31. The van der Waals surface area contributed by atoms with Gasteiger partial charge in [-0.25, -0.2) is 13.1 Å². The molecule has 1 atom stereocenters. The number of nitrogens with zero attached hydrogens (tertiary/aromatic N) is 1. The van der Waals surface area contributed by atoms with Gasteiger partial charge < -0.3 is 15.4 Å². The van der Waals surface area contributed by atoms with E-state index in [1.54, 1.807) is 19.2 Å². The van der Waals surface area contributed by atoms with Crippen LogP contribution in [0.4, 0.5) is 11.4 Å². The van der Waals surface area contributed by atoms with Crippen molar-refractivity contribution in [2.75, 3.05) is 44.5 Å². The van der Waals surface area contributed by atoms with E-state index in [0.717, 1.165) is 19.5 Å². The molecule has 0 bridgehead atoms. The van der Waals surface area contributed by atoms with Crippen LogP contribution in [0.25, 0.3) is 0 Å². The number of benzene rings is 1. The number of anilines is 2. The van der Waals surface area contributed by atoms with Crippen molar-refractivity contribution in [1.82, 2.24) is 4.72 Å². The molecule has 0 amide bonds. The molecule has 0 aliphatic carbocycles. The van der Waals surface area contributed by atoms with Crippen molar-refractivity contribution in [3.8, 4) is 0 Å². The lowest BCUT2D eigenvalue weighted by molar-refractivity contribution is 0.161. The van der Waals surface area contributed by atoms with Crippen molar-refractivity contribution in [2.45, 2.75) is 11.3 Å². The summed E-state index contributed by atoms with van der Waals surface area (Å²) in [5, 5.41) is 0. The maximum absolute atomic E-state index is 12.1. The van der Waals surface area contributed by atoms with Crippen LogP contribution in [0, 0.1) is 5.92 Å². The van der Waals surface area contributed by atoms with Gasteiger partial charge in [-0.2, -0.15) is 0 Å². The smallest absolute Gasteiger partial charge is 0.242 e. The Morgan fingerprint density at radius 1 is 1.50 bits per heavy atom. The quantitative estimate of drug-likeness (QED) is 0.780. The van der Waals surface area contributed by atoms with Crippen molar-refractivity contribution < 1.29 is 13.2 Å². The highest BCUT2D eigenvalue weighted by Crippen LogP contribution is 2.31. The Balaban J connectivity index is 2.33. The highest BCUT2D eigenvalue weighted by molar-refractivity contribution is 7.89. The van der Waals surface area contributed by atoms with Gasteiger partial charge in [-0.1, -0.05) is 0 Å². The number of nitrogens with two attached hydrogens (primary N) is 1. The first-order chi connectivity index (χ1) is 9.47. The van der Waals surface area contributed by atoms with E-state index >= 15 is 0 Å². The second kappa shape index (κ2) is 5.99. The summed E-state index contributed by atoms with van der Waals surface area (Å²) in [6.07, 6.45) is 0.997. The second-order valence-electron chi connectivity index (χ2n) is 4.99. The zero-order chi connectivity index (χ0) is 14.8. The Kier molecular flexibility index (Phi) is 4.52. The summed E-state index contributed by atoms with van der Waals surface area (Å²) in [7, 11) is -0.435. The van der Waals surface area contributed by atoms with E-state index in [4.69, 9.17) is 10.5 Å². The molecule has 1 unspecified atom stereocenters. The van der Waals surface area contributed by atoms with Gasteiger partial charge in [-0.05, 0) is 31.7 Å². The molecule has 7 heteroatoms. The lowest BCUT2D eigenvalue weighted by Gasteiger charge is -2.22. The molecule has 112 valence electrons. The monoisotopic (exact) mass is 299 g/mol. The van der Waals surface area contributed by atoms with E-state index in [2.05, 4.69) is 9.62 Å². The Bertz CT molecular complexity index is 574. The summed E-state index contributed by atoms with van der Waals surface area (Å²) >= 11 is 0. The highest BCUT2D eigenvalue weighted by atomic mass is 32.2. The molecule has 1 aromatic rings. The zero-order valence-electron chi connectivity index (χ0n) is 11.8. The summed E-state index contributed by atoms with van der Waals surface area (Å²) < 4.78 is 31.8. The molecule has 1 aromatic carbocycles. The van der Waals surface area contributed by atoms with Crippen molar-refractivity contribution in [3.63, 3.8) is 0 Å². The molecule has 1 heterocycles. The first-order valence-electron chi connectivity index (χ1n) is 6.55. The normalized spacial score (nSPS) is 19.5. The Morgan fingerprint density at radius 2 is 2.25 bits per heavy atom. The van der Waals surface area contributed by atoms with Gasteiger partial charge in [0.05, 0.1) is 12.3 Å². The number of hydrogen-bond donors (Lipinski definition) is 2. The molecule has 20 heavy (non-hydrogen) atoms. The molecule has 0 saturated carbocycles. The molecule has 0 radical (unpaired) electrons. The maximum atomic E-state index is 12.1. The molecular weight excluding hydrogens is 278 g/mol. The van der Waals surface area contributed by atoms with Crippen LogP contribution in [0.5, 0.6) is 0 Å². The van der Waals surface area contributed by atoms with Crippen LogP contribution >= 0.6 is 0 Å². The molecule has 6 nitrogen and oxygen atoms in total. The molecule has 1 aliphatic heterocycles. The summed E-state index contributed by atoms with van der Waals surface area (Å²) in [6.45, 7) is 2.31. The van der Waals surface area contributed by atoms with Crippen LogP contribution in [-0.4, -0.2) is 42.3 Å². The van der Waals surface area contributed by atoms with Crippen LogP contribution in [0.3, 0.4) is 0 Å². The third kappa shape index (κ3) is 3.05. The minimum Gasteiger partial charge on any atom is -0.399 e. The fourth-order valence-corrected chi connectivity index (χ4v) is 3.52. The molecule has 3 N–H and O–H groups in total. The van der Waals surface area contributed by atoms with E-state index in [0.29, 0.717) is 23.9 Å². The Morgan fingerprint density at radius 3 is 2.90 bits per heavy atom. The molecule has 1 saturated heterocycles. The topological polar surface area (TPSA) is 84.7 Å². The minimum absolute atomic E-state index is 0.234. The molecule has 2 rings (SSSR count). The van der Waals surface area contributed by atoms with E-state index < -0.39 is 10.0 Å². The second-order valence-corrected chi connectivity index (χ2v) is 6.85. The lowest BCUT2D eigenvalue weighted by atomic mass is 10.1. The maximum Gasteiger partial charge on any atom is 0.242 e. The standard InChI is InChI=1S/C13H21N3O3S/c1-15-20(17,18)13-7-11(14)3-4-12(13)16-6-5-10(8-16)9-19-2/h3-4,7,10,15H,5-6,8-9,14H2,1-2H3. The number of nitrogen functional groups attached to an aromatic ring is 1. The number of sulfonamides is 1. The number of ether oxygens (including phenoxy) is 1. The van der Waals surface area contributed by atoms with E-state index in [9.17, 15) is 8.42 Å². The van der Waals surface area contributed by atoms with E-state index in [-0.39, 0.29) is 4.90 Å². The average Bonchev–Trinajstić information content (AvgIpc) is 2.87. The molecule has 1 aliphatic rings. The van der Waals surface area contributed by atoms with Gasteiger partial charge in [-0.15, -0.1) is 0 Å². The van der Waals surface area contributed by atoms with Crippen LogP contribution < -0.4 is 15.4 Å². The van der Waals surface area contributed by atoms with Gasteiger partial charge in [0.1, 0.15) is 4.90 Å². The molecular formula is C13H21N3O3S. The molecule has 0 aromatic heterocycles. The predicted molar refractivity (Wildman–Crippen MR) is 79.3 cm³/mol. The van der Waals surface area contributed by atoms with Crippen LogP contribution in [0.15, 0.2) is 23.1 Å². The van der Waals surface area contributed by atoms with Gasteiger partial charge in [0, 0.05) is 31.8 Å². The number of rotatable bonds is 5. The van der Waals surface area contributed by atoms with Crippen molar-refractivity contribution in [3.05, 3.63) is 18.2 Å². The summed E-state index contributed by atoms with van der Waals surface area (Å²) in [5.41, 5.74) is 6.86. The van der Waals surface area contributed by atoms with Gasteiger partial charge in [0.25, 0.3) is 0 Å².